The number of benzene rings is 1. The third kappa shape index (κ3) is 3.48. The van der Waals surface area contributed by atoms with E-state index in [-0.39, 0.29) is 10.8 Å². The second kappa shape index (κ2) is 6.55. The van der Waals surface area contributed by atoms with Gasteiger partial charge in [-0.05, 0) is 19.1 Å². The van der Waals surface area contributed by atoms with E-state index in [0.717, 1.165) is 6.26 Å². The average molecular weight is 363 g/mol. The van der Waals surface area contributed by atoms with Gasteiger partial charge in [0.15, 0.2) is 15.5 Å². The molecule has 1 aromatic carbocycles. The van der Waals surface area contributed by atoms with Gasteiger partial charge in [0.1, 0.15) is 11.3 Å². The Hall–Kier alpha value is -2.88. The number of rotatable bonds is 6. The Balaban J connectivity index is 2.01. The average Bonchev–Trinajstić information content (AvgIpc) is 3.03. The number of methoxy groups -OCH3 is 1. The lowest BCUT2D eigenvalue weighted by molar-refractivity contribution is 0.330. The smallest absolute Gasteiger partial charge is 0.245 e. The summed E-state index contributed by atoms with van der Waals surface area (Å²) in [5.74, 6) is 0.985. The summed E-state index contributed by atoms with van der Waals surface area (Å²) in [5.41, 5.74) is 1.58. The fourth-order valence-corrected chi connectivity index (χ4v) is 2.87. The molecule has 9 nitrogen and oxygen atoms in total. The molecule has 2 heterocycles. The summed E-state index contributed by atoms with van der Waals surface area (Å²) in [5, 5.41) is 3.01. The van der Waals surface area contributed by atoms with E-state index in [1.54, 1.807) is 6.07 Å². The zero-order valence-electron chi connectivity index (χ0n) is 13.9. The molecule has 0 atom stereocenters. The van der Waals surface area contributed by atoms with E-state index in [0.29, 0.717) is 35.1 Å². The third-order valence-corrected chi connectivity index (χ3v) is 4.49. The number of nitrogens with zero attached hydrogens (tertiary/aromatic N) is 3. The molecule has 0 unspecified atom stereocenters. The first-order valence-corrected chi connectivity index (χ1v) is 9.30. The number of hydrogen-bond donors (Lipinski definition) is 2. The van der Waals surface area contributed by atoms with E-state index in [1.165, 1.54) is 25.6 Å². The van der Waals surface area contributed by atoms with Gasteiger partial charge in [0.2, 0.25) is 11.8 Å². The molecule has 0 fully saturated rings. The maximum atomic E-state index is 11.7. The van der Waals surface area contributed by atoms with Crippen LogP contribution in [-0.4, -0.2) is 48.3 Å². The van der Waals surface area contributed by atoms with Crippen molar-refractivity contribution in [3.63, 3.8) is 0 Å². The van der Waals surface area contributed by atoms with Crippen molar-refractivity contribution in [1.29, 1.82) is 0 Å². The highest BCUT2D eigenvalue weighted by Crippen LogP contribution is 2.30. The second-order valence-electron chi connectivity index (χ2n) is 5.15. The number of imidazole rings is 1. The van der Waals surface area contributed by atoms with Gasteiger partial charge in [0, 0.05) is 12.3 Å². The van der Waals surface area contributed by atoms with Crippen LogP contribution in [0, 0.1) is 0 Å². The number of aromatic nitrogens is 4. The first-order chi connectivity index (χ1) is 11.9. The molecule has 0 aliphatic carbocycles. The lowest BCUT2D eigenvalue weighted by Crippen LogP contribution is -2.04. The van der Waals surface area contributed by atoms with Gasteiger partial charge in [-0.1, -0.05) is 0 Å². The minimum absolute atomic E-state index is 0.161. The van der Waals surface area contributed by atoms with Crippen molar-refractivity contribution < 1.29 is 17.9 Å². The van der Waals surface area contributed by atoms with Crippen molar-refractivity contribution in [2.75, 3.05) is 25.3 Å². The molecule has 25 heavy (non-hydrogen) atoms. The van der Waals surface area contributed by atoms with Crippen LogP contribution in [-0.2, 0) is 9.84 Å². The van der Waals surface area contributed by atoms with Gasteiger partial charge in [0.25, 0.3) is 0 Å². The Labute approximate surface area is 144 Å². The Bertz CT molecular complexity index is 1020. The van der Waals surface area contributed by atoms with Crippen molar-refractivity contribution in [3.05, 3.63) is 24.5 Å². The molecule has 0 bridgehead atoms. The first-order valence-electron chi connectivity index (χ1n) is 7.41. The van der Waals surface area contributed by atoms with Gasteiger partial charge >= 0.3 is 0 Å². The van der Waals surface area contributed by atoms with Gasteiger partial charge in [-0.25, -0.2) is 13.4 Å². The van der Waals surface area contributed by atoms with Crippen molar-refractivity contribution in [1.82, 2.24) is 19.9 Å². The fraction of sp³-hybridized carbons (Fsp3) is 0.267. The Kier molecular flexibility index (Phi) is 4.45. The molecule has 3 rings (SSSR count). The first kappa shape index (κ1) is 17.0. The standard InChI is InChI=1S/C15H17N5O4S/c1-4-24-14-12-13(17-8-16-12)19-15(20-14)18-10-6-5-9(25(3,21)22)7-11(10)23-2/h5-8H,4H2,1-3H3,(H2,16,17,18,19,20). The lowest BCUT2D eigenvalue weighted by atomic mass is 10.3. The summed E-state index contributed by atoms with van der Waals surface area (Å²) in [7, 11) is -1.88. The second-order valence-corrected chi connectivity index (χ2v) is 7.16. The molecule has 0 aliphatic rings. The van der Waals surface area contributed by atoms with Gasteiger partial charge in [-0.3, -0.25) is 0 Å². The van der Waals surface area contributed by atoms with E-state index in [2.05, 4.69) is 25.3 Å². The van der Waals surface area contributed by atoms with Crippen molar-refractivity contribution in [2.24, 2.45) is 0 Å². The highest BCUT2D eigenvalue weighted by Gasteiger charge is 2.15. The van der Waals surface area contributed by atoms with Crippen LogP contribution in [0.1, 0.15) is 6.92 Å². The molecule has 132 valence electrons. The molecular formula is C15H17N5O4S. The molecule has 3 aromatic rings. The number of sulfone groups is 1. The number of aromatic amines is 1. The van der Waals surface area contributed by atoms with Gasteiger partial charge in [-0.2, -0.15) is 9.97 Å². The molecule has 2 aromatic heterocycles. The van der Waals surface area contributed by atoms with E-state index < -0.39 is 9.84 Å². The van der Waals surface area contributed by atoms with Crippen LogP contribution in [0.15, 0.2) is 29.4 Å². The zero-order valence-corrected chi connectivity index (χ0v) is 14.7. The molecule has 0 saturated carbocycles. The van der Waals surface area contributed by atoms with Crippen molar-refractivity contribution in [2.45, 2.75) is 11.8 Å². The van der Waals surface area contributed by atoms with Crippen LogP contribution >= 0.6 is 0 Å². The molecule has 0 radical (unpaired) electrons. The van der Waals surface area contributed by atoms with Crippen LogP contribution in [0.3, 0.4) is 0 Å². The number of hydrogen-bond acceptors (Lipinski definition) is 8. The topological polar surface area (TPSA) is 119 Å². The minimum Gasteiger partial charge on any atom is -0.495 e. The Morgan fingerprint density at radius 3 is 2.76 bits per heavy atom. The molecule has 0 spiro atoms. The lowest BCUT2D eigenvalue weighted by Gasteiger charge is -2.12. The summed E-state index contributed by atoms with van der Waals surface area (Å²) in [4.78, 5) is 15.8. The van der Waals surface area contributed by atoms with E-state index in [9.17, 15) is 8.42 Å². The highest BCUT2D eigenvalue weighted by atomic mass is 32.2. The van der Waals surface area contributed by atoms with E-state index in [1.807, 2.05) is 6.92 Å². The molecule has 0 saturated heterocycles. The molecule has 0 amide bonds. The van der Waals surface area contributed by atoms with E-state index >= 15 is 0 Å². The van der Waals surface area contributed by atoms with Gasteiger partial charge in [0.05, 0.1) is 30.6 Å². The van der Waals surface area contributed by atoms with E-state index in [4.69, 9.17) is 9.47 Å². The van der Waals surface area contributed by atoms with Crippen molar-refractivity contribution in [3.8, 4) is 11.6 Å². The number of ether oxygens (including phenoxy) is 2. The largest absolute Gasteiger partial charge is 0.495 e. The van der Waals surface area contributed by atoms with Crippen LogP contribution in [0.5, 0.6) is 11.6 Å². The SMILES string of the molecule is CCOc1nc(Nc2ccc(S(C)(=O)=O)cc2OC)nc2nc[nH]c12. The quantitative estimate of drug-likeness (QED) is 0.681. The molecule has 2 N–H and O–H groups in total. The maximum Gasteiger partial charge on any atom is 0.245 e. The number of nitrogens with one attached hydrogen (secondary N) is 2. The normalized spacial score (nSPS) is 11.5. The molecular weight excluding hydrogens is 346 g/mol. The van der Waals surface area contributed by atoms with Gasteiger partial charge in [-0.15, -0.1) is 0 Å². The minimum atomic E-state index is -3.33. The third-order valence-electron chi connectivity index (χ3n) is 3.38. The highest BCUT2D eigenvalue weighted by molar-refractivity contribution is 7.90. The maximum absolute atomic E-state index is 11.7. The number of H-pyrrole nitrogens is 1. The Morgan fingerprint density at radius 1 is 1.28 bits per heavy atom. The number of fused-ring (bicyclic) bond motifs is 1. The van der Waals surface area contributed by atoms with Crippen LogP contribution in [0.4, 0.5) is 11.6 Å². The van der Waals surface area contributed by atoms with Crippen LogP contribution in [0.25, 0.3) is 11.2 Å². The summed E-state index contributed by atoms with van der Waals surface area (Å²) in [6.07, 6.45) is 2.64. The van der Waals surface area contributed by atoms with Gasteiger partial charge < -0.3 is 19.8 Å². The summed E-state index contributed by atoms with van der Waals surface area (Å²) in [6, 6.07) is 4.51. The van der Waals surface area contributed by atoms with Crippen LogP contribution in [0.2, 0.25) is 0 Å². The molecule has 0 aliphatic heterocycles. The monoisotopic (exact) mass is 363 g/mol. The predicted molar refractivity (Wildman–Crippen MR) is 92.2 cm³/mol. The molecule has 10 heteroatoms. The summed E-state index contributed by atoms with van der Waals surface area (Å²) in [6.45, 7) is 2.29. The van der Waals surface area contributed by atoms with Crippen LogP contribution < -0.4 is 14.8 Å². The predicted octanol–water partition coefficient (Wildman–Crippen LogP) is 1.91. The fourth-order valence-electron chi connectivity index (χ4n) is 2.23. The Morgan fingerprint density at radius 2 is 2.08 bits per heavy atom. The van der Waals surface area contributed by atoms with Crippen molar-refractivity contribution >= 4 is 32.6 Å². The summed E-state index contributed by atoms with van der Waals surface area (Å²) >= 11 is 0. The zero-order chi connectivity index (χ0) is 18.0. The number of anilines is 2. The summed E-state index contributed by atoms with van der Waals surface area (Å²) < 4.78 is 34.1.